The van der Waals surface area contributed by atoms with E-state index in [-0.39, 0.29) is 5.91 Å². The average molecular weight is 246 g/mol. The molecule has 0 saturated heterocycles. The molecule has 3 heteroatoms. The highest BCUT2D eigenvalue weighted by Crippen LogP contribution is 2.27. The largest absolute Gasteiger partial charge is 0.366 e. The maximum absolute atomic E-state index is 11.0. The fraction of sp³-hybridized carbons (Fsp3) is 0.533. The number of amides is 1. The standard InChI is InChI=1S/C15H22N2O/c1-11(13-4-2-3-5-13)17-10-12-6-8-14(9-7-12)15(16)18/h6-9,11,13,17H,2-5,10H2,1H3,(H2,16,18)/t11-/m0/s1. The molecule has 1 amide bonds. The summed E-state index contributed by atoms with van der Waals surface area (Å²) in [5, 5.41) is 3.57. The van der Waals surface area contributed by atoms with Gasteiger partial charge < -0.3 is 11.1 Å². The minimum atomic E-state index is -0.367. The maximum Gasteiger partial charge on any atom is 0.248 e. The molecule has 2 rings (SSSR count). The predicted molar refractivity (Wildman–Crippen MR) is 73.2 cm³/mol. The van der Waals surface area contributed by atoms with Crippen LogP contribution >= 0.6 is 0 Å². The number of primary amides is 1. The van der Waals surface area contributed by atoms with Gasteiger partial charge >= 0.3 is 0 Å². The van der Waals surface area contributed by atoms with E-state index in [4.69, 9.17) is 5.73 Å². The van der Waals surface area contributed by atoms with E-state index in [2.05, 4.69) is 12.2 Å². The van der Waals surface area contributed by atoms with Crippen molar-refractivity contribution in [2.24, 2.45) is 11.7 Å². The van der Waals surface area contributed by atoms with Crippen LogP contribution in [-0.2, 0) is 6.54 Å². The SMILES string of the molecule is C[C@H](NCc1ccc(C(N)=O)cc1)C1CCCC1. The van der Waals surface area contributed by atoms with Crippen molar-refractivity contribution < 1.29 is 4.79 Å². The highest BCUT2D eigenvalue weighted by molar-refractivity contribution is 5.92. The third-order valence-electron chi connectivity index (χ3n) is 3.97. The number of rotatable bonds is 5. The van der Waals surface area contributed by atoms with Gasteiger partial charge in [0, 0.05) is 18.2 Å². The summed E-state index contributed by atoms with van der Waals surface area (Å²) in [7, 11) is 0. The molecule has 1 aromatic carbocycles. The summed E-state index contributed by atoms with van der Waals surface area (Å²) in [5.41, 5.74) is 6.98. The smallest absolute Gasteiger partial charge is 0.248 e. The zero-order valence-corrected chi connectivity index (χ0v) is 11.0. The number of benzene rings is 1. The molecule has 18 heavy (non-hydrogen) atoms. The van der Waals surface area contributed by atoms with Gasteiger partial charge in [0.25, 0.3) is 0 Å². The van der Waals surface area contributed by atoms with Crippen LogP contribution in [0.1, 0.15) is 48.5 Å². The van der Waals surface area contributed by atoms with Gasteiger partial charge in [-0.3, -0.25) is 4.79 Å². The van der Waals surface area contributed by atoms with E-state index in [9.17, 15) is 4.79 Å². The highest BCUT2D eigenvalue weighted by Gasteiger charge is 2.20. The Bertz CT molecular complexity index is 393. The first kappa shape index (κ1) is 13.1. The number of hydrogen-bond donors (Lipinski definition) is 2. The van der Waals surface area contributed by atoms with Crippen LogP contribution in [0.4, 0.5) is 0 Å². The zero-order valence-electron chi connectivity index (χ0n) is 11.0. The van der Waals surface area contributed by atoms with E-state index in [0.29, 0.717) is 11.6 Å². The lowest BCUT2D eigenvalue weighted by Crippen LogP contribution is -2.31. The van der Waals surface area contributed by atoms with Crippen LogP contribution in [0.3, 0.4) is 0 Å². The van der Waals surface area contributed by atoms with Gasteiger partial charge in [0.1, 0.15) is 0 Å². The van der Waals surface area contributed by atoms with E-state index in [1.807, 2.05) is 12.1 Å². The summed E-state index contributed by atoms with van der Waals surface area (Å²) in [6, 6.07) is 8.09. The molecular weight excluding hydrogens is 224 g/mol. The molecule has 98 valence electrons. The van der Waals surface area contributed by atoms with Crippen molar-refractivity contribution in [3.8, 4) is 0 Å². The molecule has 0 spiro atoms. The molecule has 1 atom stereocenters. The molecular formula is C15H22N2O. The van der Waals surface area contributed by atoms with Crippen LogP contribution in [0.25, 0.3) is 0 Å². The van der Waals surface area contributed by atoms with E-state index in [1.165, 1.54) is 31.2 Å². The Morgan fingerprint density at radius 1 is 1.33 bits per heavy atom. The maximum atomic E-state index is 11.0. The Morgan fingerprint density at radius 2 is 1.94 bits per heavy atom. The molecule has 3 N–H and O–H groups in total. The van der Waals surface area contributed by atoms with E-state index in [1.54, 1.807) is 12.1 Å². The van der Waals surface area contributed by atoms with Gasteiger partial charge in [0.15, 0.2) is 0 Å². The first-order valence-corrected chi connectivity index (χ1v) is 6.79. The topological polar surface area (TPSA) is 55.1 Å². The average Bonchev–Trinajstić information content (AvgIpc) is 2.90. The number of carbonyl (C=O) groups is 1. The molecule has 0 aliphatic heterocycles. The van der Waals surface area contributed by atoms with Crippen molar-refractivity contribution in [3.05, 3.63) is 35.4 Å². The van der Waals surface area contributed by atoms with Crippen LogP contribution in [0, 0.1) is 5.92 Å². The lowest BCUT2D eigenvalue weighted by Gasteiger charge is -2.20. The van der Waals surface area contributed by atoms with Gasteiger partial charge in [-0.2, -0.15) is 0 Å². The first-order chi connectivity index (χ1) is 8.66. The highest BCUT2D eigenvalue weighted by atomic mass is 16.1. The van der Waals surface area contributed by atoms with Crippen LogP contribution in [-0.4, -0.2) is 11.9 Å². The summed E-state index contributed by atoms with van der Waals surface area (Å²) in [5.74, 6) is 0.462. The molecule has 0 radical (unpaired) electrons. The predicted octanol–water partition coefficient (Wildman–Crippen LogP) is 2.45. The second kappa shape index (κ2) is 6.01. The summed E-state index contributed by atoms with van der Waals surface area (Å²) in [6.45, 7) is 3.13. The van der Waals surface area contributed by atoms with Crippen molar-refractivity contribution >= 4 is 5.91 Å². The van der Waals surface area contributed by atoms with Crippen molar-refractivity contribution in [1.29, 1.82) is 0 Å². The summed E-state index contributed by atoms with van der Waals surface area (Å²) >= 11 is 0. The molecule has 0 unspecified atom stereocenters. The van der Waals surface area contributed by atoms with Crippen LogP contribution in [0.2, 0.25) is 0 Å². The molecule has 1 aliphatic rings. The molecule has 1 aliphatic carbocycles. The van der Waals surface area contributed by atoms with Gasteiger partial charge in [-0.15, -0.1) is 0 Å². The number of carbonyl (C=O) groups excluding carboxylic acids is 1. The first-order valence-electron chi connectivity index (χ1n) is 6.79. The lowest BCUT2D eigenvalue weighted by atomic mass is 9.99. The molecule has 0 heterocycles. The van der Waals surface area contributed by atoms with E-state index >= 15 is 0 Å². The van der Waals surface area contributed by atoms with Crippen molar-refractivity contribution in [3.63, 3.8) is 0 Å². The van der Waals surface area contributed by atoms with Crippen molar-refractivity contribution in [1.82, 2.24) is 5.32 Å². The molecule has 0 aromatic heterocycles. The Hall–Kier alpha value is -1.35. The van der Waals surface area contributed by atoms with Crippen LogP contribution in [0.5, 0.6) is 0 Å². The second-order valence-corrected chi connectivity index (χ2v) is 5.28. The Balaban J connectivity index is 1.84. The molecule has 3 nitrogen and oxygen atoms in total. The number of nitrogens with two attached hydrogens (primary N) is 1. The van der Waals surface area contributed by atoms with E-state index < -0.39 is 0 Å². The lowest BCUT2D eigenvalue weighted by molar-refractivity contribution is 0.100. The minimum Gasteiger partial charge on any atom is -0.366 e. The second-order valence-electron chi connectivity index (χ2n) is 5.28. The fourth-order valence-corrected chi connectivity index (χ4v) is 2.69. The minimum absolute atomic E-state index is 0.367. The monoisotopic (exact) mass is 246 g/mol. The number of hydrogen-bond acceptors (Lipinski definition) is 2. The normalized spacial score (nSPS) is 17.8. The number of nitrogens with one attached hydrogen (secondary N) is 1. The van der Waals surface area contributed by atoms with Gasteiger partial charge in [-0.1, -0.05) is 25.0 Å². The third-order valence-corrected chi connectivity index (χ3v) is 3.97. The molecule has 1 saturated carbocycles. The van der Waals surface area contributed by atoms with Gasteiger partial charge in [0.05, 0.1) is 0 Å². The summed E-state index contributed by atoms with van der Waals surface area (Å²) in [4.78, 5) is 11.0. The van der Waals surface area contributed by atoms with Crippen molar-refractivity contribution in [2.45, 2.75) is 45.2 Å². The van der Waals surface area contributed by atoms with Crippen LogP contribution < -0.4 is 11.1 Å². The summed E-state index contributed by atoms with van der Waals surface area (Å²) < 4.78 is 0. The van der Waals surface area contributed by atoms with Crippen molar-refractivity contribution in [2.75, 3.05) is 0 Å². The Morgan fingerprint density at radius 3 is 2.50 bits per heavy atom. The van der Waals surface area contributed by atoms with E-state index in [0.717, 1.165) is 12.5 Å². The van der Waals surface area contributed by atoms with Crippen LogP contribution in [0.15, 0.2) is 24.3 Å². The third kappa shape index (κ3) is 3.33. The zero-order chi connectivity index (χ0) is 13.0. The fourth-order valence-electron chi connectivity index (χ4n) is 2.69. The molecule has 1 aromatic rings. The molecule has 0 bridgehead atoms. The van der Waals surface area contributed by atoms with Gasteiger partial charge in [-0.25, -0.2) is 0 Å². The quantitative estimate of drug-likeness (QED) is 0.838. The Labute approximate surface area is 109 Å². The van der Waals surface area contributed by atoms with Gasteiger partial charge in [-0.05, 0) is 43.4 Å². The molecule has 1 fully saturated rings. The van der Waals surface area contributed by atoms with Gasteiger partial charge in [0.2, 0.25) is 5.91 Å². The Kier molecular flexibility index (Phi) is 4.37. The summed E-state index contributed by atoms with van der Waals surface area (Å²) in [6.07, 6.45) is 5.47.